The Kier molecular flexibility index (Phi) is 9.26. The molecule has 1 N–H and O–H groups in total. The van der Waals surface area contributed by atoms with Gasteiger partial charge in [0.15, 0.2) is 0 Å². The largest absolute Gasteiger partial charge is 0.382 e. The van der Waals surface area contributed by atoms with Crippen LogP contribution in [0.2, 0.25) is 0 Å². The first-order valence-corrected chi connectivity index (χ1v) is 7.64. The number of nitrogens with one attached hydrogen (secondary N) is 1. The average Bonchev–Trinajstić information content (AvgIpc) is 2.48. The minimum Gasteiger partial charge on any atom is -0.382 e. The molecule has 0 aliphatic carbocycles. The second-order valence-electron chi connectivity index (χ2n) is 5.13. The molecule has 0 amide bonds. The minimum atomic E-state index is 0.230. The van der Waals surface area contributed by atoms with Gasteiger partial charge in [-0.2, -0.15) is 0 Å². The summed E-state index contributed by atoms with van der Waals surface area (Å²) in [6.45, 7) is 10.4. The maximum atomic E-state index is 5.72. The Hall–Kier alpha value is -0.940. The molecule has 0 saturated heterocycles. The molecule has 0 aliphatic rings. The van der Waals surface area contributed by atoms with E-state index < -0.39 is 0 Å². The third kappa shape index (κ3) is 7.05. The first kappa shape index (κ1) is 18.1. The normalized spacial score (nSPS) is 12.6. The van der Waals surface area contributed by atoms with E-state index in [0.717, 1.165) is 6.54 Å². The standard InChI is InChI=1S/C17H29NO3/c1-5-18-17(13-21-11-10-20-9-8-19-4)16-7-6-14(2)15(3)12-16/h6-7,12,17-18H,5,8-11,13H2,1-4H3. The summed E-state index contributed by atoms with van der Waals surface area (Å²) in [6.07, 6.45) is 0. The lowest BCUT2D eigenvalue weighted by Gasteiger charge is -2.19. The third-order valence-electron chi connectivity index (χ3n) is 3.47. The summed E-state index contributed by atoms with van der Waals surface area (Å²) in [5, 5.41) is 3.47. The smallest absolute Gasteiger partial charge is 0.0701 e. The number of aryl methyl sites for hydroxylation is 2. The quantitative estimate of drug-likeness (QED) is 0.637. The van der Waals surface area contributed by atoms with Gasteiger partial charge in [-0.3, -0.25) is 0 Å². The molecule has 4 nitrogen and oxygen atoms in total. The van der Waals surface area contributed by atoms with Crippen LogP contribution in [0.3, 0.4) is 0 Å². The number of hydrogen-bond acceptors (Lipinski definition) is 4. The first-order chi connectivity index (χ1) is 10.2. The molecule has 1 rings (SSSR count). The summed E-state index contributed by atoms with van der Waals surface area (Å²) in [7, 11) is 1.67. The minimum absolute atomic E-state index is 0.230. The van der Waals surface area contributed by atoms with Gasteiger partial charge in [-0.15, -0.1) is 0 Å². The molecule has 21 heavy (non-hydrogen) atoms. The van der Waals surface area contributed by atoms with Crippen LogP contribution >= 0.6 is 0 Å². The Balaban J connectivity index is 2.37. The molecule has 1 atom stereocenters. The van der Waals surface area contributed by atoms with Crippen molar-refractivity contribution in [1.82, 2.24) is 5.32 Å². The van der Waals surface area contributed by atoms with Crippen LogP contribution in [0.15, 0.2) is 18.2 Å². The number of likely N-dealkylation sites (N-methyl/N-ethyl adjacent to an activating group) is 1. The maximum Gasteiger partial charge on any atom is 0.0701 e. The van der Waals surface area contributed by atoms with Crippen LogP contribution in [0, 0.1) is 13.8 Å². The highest BCUT2D eigenvalue weighted by atomic mass is 16.5. The van der Waals surface area contributed by atoms with Crippen LogP contribution in [0.1, 0.15) is 29.7 Å². The number of hydrogen-bond donors (Lipinski definition) is 1. The molecule has 0 radical (unpaired) electrons. The highest BCUT2D eigenvalue weighted by Crippen LogP contribution is 2.17. The molecular formula is C17H29NO3. The predicted octanol–water partition coefficient (Wildman–Crippen LogP) is 2.63. The van der Waals surface area contributed by atoms with Crippen LogP contribution in [-0.4, -0.2) is 46.7 Å². The number of rotatable bonds is 11. The van der Waals surface area contributed by atoms with E-state index in [1.54, 1.807) is 7.11 Å². The van der Waals surface area contributed by atoms with Crippen molar-refractivity contribution in [2.24, 2.45) is 0 Å². The predicted molar refractivity (Wildman–Crippen MR) is 85.8 cm³/mol. The number of benzene rings is 1. The molecule has 120 valence electrons. The summed E-state index contributed by atoms with van der Waals surface area (Å²) < 4.78 is 16.0. The van der Waals surface area contributed by atoms with Crippen molar-refractivity contribution in [1.29, 1.82) is 0 Å². The van der Waals surface area contributed by atoms with E-state index in [1.807, 2.05) is 0 Å². The van der Waals surface area contributed by atoms with E-state index in [0.29, 0.717) is 33.0 Å². The Labute approximate surface area is 128 Å². The van der Waals surface area contributed by atoms with E-state index in [1.165, 1.54) is 16.7 Å². The first-order valence-electron chi connectivity index (χ1n) is 7.64. The second kappa shape index (κ2) is 10.7. The topological polar surface area (TPSA) is 39.7 Å². The van der Waals surface area contributed by atoms with E-state index in [-0.39, 0.29) is 6.04 Å². The Bertz CT molecular complexity index is 396. The Morgan fingerprint density at radius 1 is 1.00 bits per heavy atom. The van der Waals surface area contributed by atoms with Crippen molar-refractivity contribution in [2.75, 3.05) is 46.7 Å². The lowest BCUT2D eigenvalue weighted by atomic mass is 10.0. The van der Waals surface area contributed by atoms with Gasteiger partial charge in [-0.05, 0) is 37.1 Å². The van der Waals surface area contributed by atoms with Gasteiger partial charge in [0.25, 0.3) is 0 Å². The van der Waals surface area contributed by atoms with Gasteiger partial charge in [0.2, 0.25) is 0 Å². The van der Waals surface area contributed by atoms with Gasteiger partial charge in [0.05, 0.1) is 39.1 Å². The molecule has 0 aromatic heterocycles. The van der Waals surface area contributed by atoms with Gasteiger partial charge >= 0.3 is 0 Å². The zero-order valence-electron chi connectivity index (χ0n) is 13.8. The summed E-state index contributed by atoms with van der Waals surface area (Å²) in [4.78, 5) is 0. The molecule has 0 aliphatic heterocycles. The summed E-state index contributed by atoms with van der Waals surface area (Å²) in [5.74, 6) is 0. The van der Waals surface area contributed by atoms with Crippen LogP contribution in [-0.2, 0) is 14.2 Å². The zero-order valence-corrected chi connectivity index (χ0v) is 13.8. The highest BCUT2D eigenvalue weighted by molar-refractivity contribution is 5.31. The lowest BCUT2D eigenvalue weighted by molar-refractivity contribution is 0.0194. The monoisotopic (exact) mass is 295 g/mol. The maximum absolute atomic E-state index is 5.72. The van der Waals surface area contributed by atoms with Gasteiger partial charge in [0, 0.05) is 7.11 Å². The van der Waals surface area contributed by atoms with Crippen LogP contribution in [0.25, 0.3) is 0 Å². The number of ether oxygens (including phenoxy) is 3. The molecular weight excluding hydrogens is 266 g/mol. The Morgan fingerprint density at radius 3 is 2.38 bits per heavy atom. The van der Waals surface area contributed by atoms with Crippen LogP contribution in [0.5, 0.6) is 0 Å². The SMILES string of the molecule is CCNC(COCCOCCOC)c1ccc(C)c(C)c1. The van der Waals surface area contributed by atoms with E-state index in [4.69, 9.17) is 14.2 Å². The van der Waals surface area contributed by atoms with Crippen molar-refractivity contribution in [3.8, 4) is 0 Å². The van der Waals surface area contributed by atoms with E-state index in [9.17, 15) is 0 Å². The van der Waals surface area contributed by atoms with Crippen LogP contribution in [0.4, 0.5) is 0 Å². The van der Waals surface area contributed by atoms with Gasteiger partial charge < -0.3 is 19.5 Å². The fourth-order valence-electron chi connectivity index (χ4n) is 2.06. The summed E-state index contributed by atoms with van der Waals surface area (Å²) in [6, 6.07) is 6.81. The third-order valence-corrected chi connectivity index (χ3v) is 3.47. The highest BCUT2D eigenvalue weighted by Gasteiger charge is 2.11. The fourth-order valence-corrected chi connectivity index (χ4v) is 2.06. The lowest BCUT2D eigenvalue weighted by Crippen LogP contribution is -2.26. The Morgan fingerprint density at radius 2 is 1.71 bits per heavy atom. The molecule has 0 fully saturated rings. The van der Waals surface area contributed by atoms with Crippen molar-refractivity contribution in [3.63, 3.8) is 0 Å². The van der Waals surface area contributed by atoms with Crippen molar-refractivity contribution < 1.29 is 14.2 Å². The van der Waals surface area contributed by atoms with Gasteiger partial charge in [-0.25, -0.2) is 0 Å². The summed E-state index contributed by atoms with van der Waals surface area (Å²) >= 11 is 0. The van der Waals surface area contributed by atoms with Gasteiger partial charge in [-0.1, -0.05) is 25.1 Å². The molecule has 0 spiro atoms. The molecule has 1 aromatic carbocycles. The molecule has 0 saturated carbocycles. The van der Waals surface area contributed by atoms with Crippen molar-refractivity contribution >= 4 is 0 Å². The van der Waals surface area contributed by atoms with E-state index >= 15 is 0 Å². The zero-order chi connectivity index (χ0) is 15.5. The summed E-state index contributed by atoms with van der Waals surface area (Å²) in [5.41, 5.74) is 3.92. The molecule has 1 aromatic rings. The fraction of sp³-hybridized carbons (Fsp3) is 0.647. The molecule has 0 heterocycles. The molecule has 4 heteroatoms. The molecule has 0 bridgehead atoms. The van der Waals surface area contributed by atoms with Gasteiger partial charge in [0.1, 0.15) is 0 Å². The van der Waals surface area contributed by atoms with Crippen molar-refractivity contribution in [3.05, 3.63) is 34.9 Å². The number of methoxy groups -OCH3 is 1. The second-order valence-corrected chi connectivity index (χ2v) is 5.13. The van der Waals surface area contributed by atoms with Crippen LogP contribution < -0.4 is 5.32 Å². The molecule has 1 unspecified atom stereocenters. The van der Waals surface area contributed by atoms with E-state index in [2.05, 4.69) is 44.3 Å². The van der Waals surface area contributed by atoms with Crippen molar-refractivity contribution in [2.45, 2.75) is 26.8 Å². The average molecular weight is 295 g/mol.